The zero-order chi connectivity index (χ0) is 20.3. The Hall–Kier alpha value is -3.21. The number of aromatic hydroxyl groups is 1. The molecule has 2 aliphatic rings. The number of carbonyl (C=O) groups excluding carboxylic acids is 1. The minimum absolute atomic E-state index is 0.0857. The molecule has 5 nitrogen and oxygen atoms in total. The summed E-state index contributed by atoms with van der Waals surface area (Å²) in [5.74, 6) is 1.01. The molecule has 0 aliphatic carbocycles. The molecule has 0 bridgehead atoms. The molecule has 0 saturated carbocycles. The van der Waals surface area contributed by atoms with E-state index in [2.05, 4.69) is 0 Å². The maximum absolute atomic E-state index is 12.3. The molecule has 1 N–H and O–H groups in total. The minimum Gasteiger partial charge on any atom is -0.507 e. The van der Waals surface area contributed by atoms with Crippen molar-refractivity contribution in [3.05, 3.63) is 53.6 Å². The molecule has 5 rings (SSSR count). The number of hydrogen-bond donors (Lipinski definition) is 1. The third kappa shape index (κ3) is 3.03. The van der Waals surface area contributed by atoms with Gasteiger partial charge in [0.05, 0.1) is 5.56 Å². The highest BCUT2D eigenvalue weighted by atomic mass is 16.7. The topological polar surface area (TPSA) is 65.0 Å². The molecule has 0 aromatic heterocycles. The largest absolute Gasteiger partial charge is 0.507 e. The van der Waals surface area contributed by atoms with Crippen LogP contribution in [-0.4, -0.2) is 17.9 Å². The number of phenolic OH excluding ortho intramolecular Hbond substituents is 1. The molecule has 28 heavy (non-hydrogen) atoms. The van der Waals surface area contributed by atoms with E-state index in [9.17, 15) is 9.90 Å². The number of fused-ring (bicyclic) bond motifs is 3. The molecule has 0 atom stereocenters. The van der Waals surface area contributed by atoms with Crippen LogP contribution in [0, 0.1) is 0 Å². The molecule has 0 radical (unpaired) electrons. The van der Waals surface area contributed by atoms with Gasteiger partial charge in [0, 0.05) is 16.5 Å². The lowest BCUT2D eigenvalue weighted by atomic mass is 9.89. The van der Waals surface area contributed by atoms with E-state index in [1.165, 1.54) is 0 Å². The van der Waals surface area contributed by atoms with Crippen molar-refractivity contribution in [3.8, 4) is 28.4 Å². The van der Waals surface area contributed by atoms with Crippen molar-refractivity contribution in [2.45, 2.75) is 34.3 Å². The number of phenols is 1. The van der Waals surface area contributed by atoms with Gasteiger partial charge >= 0.3 is 5.97 Å². The lowest BCUT2D eigenvalue weighted by molar-refractivity contribution is 0.0535. The number of ether oxygens (including phenoxy) is 3. The monoisotopic (exact) mass is 380 g/mol. The Bertz CT molecular complexity index is 1020. The molecule has 3 aromatic carbocycles. The maximum atomic E-state index is 12.3. The van der Waals surface area contributed by atoms with Gasteiger partial charge in [-0.25, -0.2) is 4.79 Å². The second kappa shape index (κ2) is 8.21. The highest BCUT2D eigenvalue weighted by Gasteiger charge is 2.31. The molecule has 146 valence electrons. The van der Waals surface area contributed by atoms with Crippen LogP contribution in [0.15, 0.2) is 42.5 Å². The van der Waals surface area contributed by atoms with Crippen molar-refractivity contribution >= 4 is 16.7 Å². The van der Waals surface area contributed by atoms with E-state index in [1.54, 1.807) is 0 Å². The smallest absolute Gasteiger partial charge is 0.339 e. The van der Waals surface area contributed by atoms with Gasteiger partial charge in [0.25, 0.3) is 0 Å². The first-order valence-electron chi connectivity index (χ1n) is 9.58. The third-order valence-electron chi connectivity index (χ3n) is 4.50. The standard InChI is InChI=1S/C19H12O5.2C2H6/c20-18-12-4-2-1-3-11(12)16(17-13(18)8-22-19(17)21)10-5-6-14-15(7-10)24-9-23-14;2*1-2/h1-7,20H,8-9H2;2*1-2H3. The fourth-order valence-corrected chi connectivity index (χ4v) is 3.40. The Morgan fingerprint density at radius 1 is 0.821 bits per heavy atom. The molecule has 0 saturated heterocycles. The quantitative estimate of drug-likeness (QED) is 0.552. The second-order valence-electron chi connectivity index (χ2n) is 5.77. The molecule has 2 heterocycles. The van der Waals surface area contributed by atoms with Crippen LogP contribution in [0.5, 0.6) is 17.2 Å². The first-order chi connectivity index (χ1) is 13.7. The average Bonchev–Trinajstić information content (AvgIpc) is 3.38. The maximum Gasteiger partial charge on any atom is 0.339 e. The second-order valence-corrected chi connectivity index (χ2v) is 5.77. The Balaban J connectivity index is 0.000000531. The predicted molar refractivity (Wildman–Crippen MR) is 109 cm³/mol. The van der Waals surface area contributed by atoms with Crippen LogP contribution >= 0.6 is 0 Å². The van der Waals surface area contributed by atoms with Gasteiger partial charge in [-0.05, 0) is 23.1 Å². The zero-order valence-electron chi connectivity index (χ0n) is 16.5. The molecule has 0 unspecified atom stereocenters. The molecule has 0 fully saturated rings. The van der Waals surface area contributed by atoms with Gasteiger partial charge in [-0.15, -0.1) is 0 Å². The fourth-order valence-electron chi connectivity index (χ4n) is 3.40. The normalized spacial score (nSPS) is 13.1. The fraction of sp³-hybridized carbons (Fsp3) is 0.261. The molecular weight excluding hydrogens is 356 g/mol. The van der Waals surface area contributed by atoms with Crippen LogP contribution in [-0.2, 0) is 11.3 Å². The molecular formula is C23H24O5. The molecule has 2 aliphatic heterocycles. The number of carbonyl (C=O) groups is 1. The number of cyclic esters (lactones) is 1. The first kappa shape index (κ1) is 19.5. The van der Waals surface area contributed by atoms with Crippen molar-refractivity contribution in [3.63, 3.8) is 0 Å². The summed E-state index contributed by atoms with van der Waals surface area (Å²) >= 11 is 0. The van der Waals surface area contributed by atoms with Gasteiger partial charge in [-0.1, -0.05) is 58.0 Å². The van der Waals surface area contributed by atoms with Gasteiger partial charge in [-0.2, -0.15) is 0 Å². The molecule has 3 aromatic rings. The summed E-state index contributed by atoms with van der Waals surface area (Å²) in [5, 5.41) is 12.0. The highest BCUT2D eigenvalue weighted by molar-refractivity contribution is 6.13. The van der Waals surface area contributed by atoms with Crippen LogP contribution in [0.2, 0.25) is 0 Å². The summed E-state index contributed by atoms with van der Waals surface area (Å²) in [6.45, 7) is 8.28. The number of esters is 1. The van der Waals surface area contributed by atoms with Crippen LogP contribution < -0.4 is 9.47 Å². The molecule has 5 heteroatoms. The van der Waals surface area contributed by atoms with Crippen molar-refractivity contribution in [2.24, 2.45) is 0 Å². The van der Waals surface area contributed by atoms with E-state index in [4.69, 9.17) is 14.2 Å². The minimum atomic E-state index is -0.418. The average molecular weight is 380 g/mol. The Labute approximate surface area is 164 Å². The van der Waals surface area contributed by atoms with Crippen LogP contribution in [0.1, 0.15) is 43.6 Å². The van der Waals surface area contributed by atoms with Crippen molar-refractivity contribution in [1.29, 1.82) is 0 Å². The Morgan fingerprint density at radius 2 is 1.50 bits per heavy atom. The molecule has 0 spiro atoms. The van der Waals surface area contributed by atoms with Gasteiger partial charge < -0.3 is 19.3 Å². The summed E-state index contributed by atoms with van der Waals surface area (Å²) in [6, 6.07) is 13.0. The SMILES string of the molecule is CC.CC.O=C1OCc2c1c(-c1ccc3c(c1)OCO3)c1ccccc1c2O. The highest BCUT2D eigenvalue weighted by Crippen LogP contribution is 2.45. The van der Waals surface area contributed by atoms with Gasteiger partial charge in [0.2, 0.25) is 6.79 Å². The van der Waals surface area contributed by atoms with Crippen LogP contribution in [0.4, 0.5) is 0 Å². The zero-order valence-corrected chi connectivity index (χ0v) is 16.5. The summed E-state index contributed by atoms with van der Waals surface area (Å²) in [4.78, 5) is 12.3. The van der Waals surface area contributed by atoms with Crippen molar-refractivity contribution < 1.29 is 24.1 Å². The van der Waals surface area contributed by atoms with Crippen LogP contribution in [0.25, 0.3) is 21.9 Å². The van der Waals surface area contributed by atoms with Gasteiger partial charge in [-0.3, -0.25) is 0 Å². The van der Waals surface area contributed by atoms with E-state index in [1.807, 2.05) is 70.2 Å². The van der Waals surface area contributed by atoms with E-state index in [-0.39, 0.29) is 19.1 Å². The van der Waals surface area contributed by atoms with Gasteiger partial charge in [0.1, 0.15) is 12.4 Å². The van der Waals surface area contributed by atoms with Gasteiger partial charge in [0.15, 0.2) is 11.5 Å². The summed E-state index contributed by atoms with van der Waals surface area (Å²) in [6.07, 6.45) is 0. The summed E-state index contributed by atoms with van der Waals surface area (Å²) < 4.78 is 16.0. The number of benzene rings is 3. The van der Waals surface area contributed by atoms with E-state index in [0.29, 0.717) is 28.0 Å². The van der Waals surface area contributed by atoms with E-state index >= 15 is 0 Å². The lowest BCUT2D eigenvalue weighted by Crippen LogP contribution is -1.99. The van der Waals surface area contributed by atoms with Crippen molar-refractivity contribution in [2.75, 3.05) is 6.79 Å². The summed E-state index contributed by atoms with van der Waals surface area (Å²) in [7, 11) is 0. The first-order valence-corrected chi connectivity index (χ1v) is 9.58. The van der Waals surface area contributed by atoms with Crippen LogP contribution in [0.3, 0.4) is 0 Å². The van der Waals surface area contributed by atoms with Crippen molar-refractivity contribution in [1.82, 2.24) is 0 Å². The number of rotatable bonds is 1. The Morgan fingerprint density at radius 3 is 2.25 bits per heavy atom. The van der Waals surface area contributed by atoms with E-state index in [0.717, 1.165) is 16.5 Å². The predicted octanol–water partition coefficient (Wildman–Crippen LogP) is 5.66. The molecule has 0 amide bonds. The number of hydrogen-bond acceptors (Lipinski definition) is 5. The van der Waals surface area contributed by atoms with E-state index < -0.39 is 5.97 Å². The Kier molecular flexibility index (Phi) is 5.73. The lowest BCUT2D eigenvalue weighted by Gasteiger charge is -2.13. The third-order valence-corrected chi connectivity index (χ3v) is 4.50. The summed E-state index contributed by atoms with van der Waals surface area (Å²) in [5.41, 5.74) is 2.53.